The molecule has 0 aliphatic carbocycles. The number of benzene rings is 1. The van der Waals surface area contributed by atoms with Gasteiger partial charge in [-0.25, -0.2) is 14.2 Å². The lowest BCUT2D eigenvalue weighted by molar-refractivity contribution is -0.139. The second-order valence-corrected chi connectivity index (χ2v) is 9.01. The van der Waals surface area contributed by atoms with Crippen molar-refractivity contribution in [3.63, 3.8) is 0 Å². The molecule has 1 aliphatic rings. The van der Waals surface area contributed by atoms with E-state index in [4.69, 9.17) is 16.3 Å². The van der Waals surface area contributed by atoms with Crippen molar-refractivity contribution in [2.75, 3.05) is 25.1 Å². The Morgan fingerprint density at radius 2 is 2.09 bits per heavy atom. The topological polar surface area (TPSA) is 101 Å². The number of rotatable bonds is 11. The van der Waals surface area contributed by atoms with Crippen LogP contribution >= 0.6 is 27.5 Å². The van der Waals surface area contributed by atoms with Gasteiger partial charge in [0.2, 0.25) is 0 Å². The number of aromatic nitrogens is 1. The summed E-state index contributed by atoms with van der Waals surface area (Å²) in [4.78, 5) is 28.6. The maximum atomic E-state index is 14.0. The summed E-state index contributed by atoms with van der Waals surface area (Å²) >= 11 is 9.11. The number of fused-ring (bicyclic) bond motifs is 1. The Morgan fingerprint density at radius 3 is 2.88 bits per heavy atom. The van der Waals surface area contributed by atoms with Gasteiger partial charge < -0.3 is 20.5 Å². The monoisotopic (exact) mass is 541 g/mol. The van der Waals surface area contributed by atoms with E-state index in [0.29, 0.717) is 11.1 Å². The third-order valence-electron chi connectivity index (χ3n) is 5.35. The number of carbonyl (C=O) groups excluding carboxylic acids is 1. The SMILES string of the molecule is O=C(N[C@H](CCOCCCCc1ccc2c(n1)NCCC2)C(=O)O)c1c(F)ccc(Br)c1Cl. The summed E-state index contributed by atoms with van der Waals surface area (Å²) in [6, 6.07) is 5.43. The molecule has 0 saturated heterocycles. The van der Waals surface area contributed by atoms with Gasteiger partial charge in [-0.05, 0) is 71.8 Å². The Hall–Kier alpha value is -2.23. The first kappa shape index (κ1) is 25.4. The molecule has 0 fully saturated rings. The molecular formula is C23H26BrClFN3O4. The van der Waals surface area contributed by atoms with Gasteiger partial charge in [-0.3, -0.25) is 4.79 Å². The molecule has 0 unspecified atom stereocenters. The predicted molar refractivity (Wildman–Crippen MR) is 127 cm³/mol. The van der Waals surface area contributed by atoms with Crippen molar-refractivity contribution in [1.29, 1.82) is 0 Å². The van der Waals surface area contributed by atoms with E-state index in [1.54, 1.807) is 0 Å². The second kappa shape index (κ2) is 12.3. The lowest BCUT2D eigenvalue weighted by Gasteiger charge is -2.17. The van der Waals surface area contributed by atoms with Crippen molar-refractivity contribution < 1.29 is 23.8 Å². The van der Waals surface area contributed by atoms with Crippen LogP contribution in [0.25, 0.3) is 0 Å². The van der Waals surface area contributed by atoms with E-state index < -0.39 is 29.3 Å². The van der Waals surface area contributed by atoms with Gasteiger partial charge in [0.1, 0.15) is 17.7 Å². The number of pyridine rings is 1. The maximum absolute atomic E-state index is 14.0. The Labute approximate surface area is 205 Å². The molecule has 1 aromatic carbocycles. The van der Waals surface area contributed by atoms with Crippen LogP contribution in [0.2, 0.25) is 5.02 Å². The lowest BCUT2D eigenvalue weighted by atomic mass is 10.1. The molecule has 0 radical (unpaired) electrons. The zero-order chi connectivity index (χ0) is 23.8. The minimum Gasteiger partial charge on any atom is -0.480 e. The average Bonchev–Trinajstić information content (AvgIpc) is 2.80. The summed E-state index contributed by atoms with van der Waals surface area (Å²) in [5, 5.41) is 14.9. The summed E-state index contributed by atoms with van der Waals surface area (Å²) in [7, 11) is 0. The molecule has 0 spiro atoms. The summed E-state index contributed by atoms with van der Waals surface area (Å²) in [6.07, 6.45) is 4.77. The highest BCUT2D eigenvalue weighted by Gasteiger charge is 2.24. The van der Waals surface area contributed by atoms with Gasteiger partial charge in [-0.15, -0.1) is 0 Å². The smallest absolute Gasteiger partial charge is 0.326 e. The number of nitrogens with zero attached hydrogens (tertiary/aromatic N) is 1. The van der Waals surface area contributed by atoms with Crippen LogP contribution in [0.3, 0.4) is 0 Å². The summed E-state index contributed by atoms with van der Waals surface area (Å²) in [5.41, 5.74) is 1.90. The van der Waals surface area contributed by atoms with E-state index in [1.165, 1.54) is 11.6 Å². The molecule has 33 heavy (non-hydrogen) atoms. The van der Waals surface area contributed by atoms with Gasteiger partial charge in [-0.2, -0.15) is 0 Å². The Balaban J connectivity index is 1.38. The fourth-order valence-corrected chi connectivity index (χ4v) is 4.11. The zero-order valence-corrected chi connectivity index (χ0v) is 20.3. The fourth-order valence-electron chi connectivity index (χ4n) is 3.54. The number of hydrogen-bond acceptors (Lipinski definition) is 5. The van der Waals surface area contributed by atoms with Crippen LogP contribution < -0.4 is 10.6 Å². The summed E-state index contributed by atoms with van der Waals surface area (Å²) in [6.45, 7) is 1.57. The van der Waals surface area contributed by atoms with Crippen molar-refractivity contribution in [2.24, 2.45) is 0 Å². The van der Waals surface area contributed by atoms with Crippen LogP contribution in [0.5, 0.6) is 0 Å². The van der Waals surface area contributed by atoms with E-state index in [9.17, 15) is 19.1 Å². The third-order valence-corrected chi connectivity index (χ3v) is 6.63. The highest BCUT2D eigenvalue weighted by atomic mass is 79.9. The molecular weight excluding hydrogens is 517 g/mol. The molecule has 178 valence electrons. The first-order valence-corrected chi connectivity index (χ1v) is 12.0. The van der Waals surface area contributed by atoms with Gasteiger partial charge in [0.05, 0.1) is 10.6 Å². The molecule has 7 nitrogen and oxygen atoms in total. The summed E-state index contributed by atoms with van der Waals surface area (Å²) < 4.78 is 19.9. The number of unbranched alkanes of at least 4 members (excludes halogenated alkanes) is 1. The number of anilines is 1. The van der Waals surface area contributed by atoms with Crippen LogP contribution in [-0.2, 0) is 22.4 Å². The molecule has 0 bridgehead atoms. The quantitative estimate of drug-likeness (QED) is 0.283. The van der Waals surface area contributed by atoms with Gasteiger partial charge in [0, 0.05) is 36.3 Å². The number of aryl methyl sites for hydroxylation is 2. The number of amides is 1. The molecule has 1 aliphatic heterocycles. The van der Waals surface area contributed by atoms with E-state index >= 15 is 0 Å². The zero-order valence-electron chi connectivity index (χ0n) is 18.0. The van der Waals surface area contributed by atoms with E-state index in [1.807, 2.05) is 0 Å². The summed E-state index contributed by atoms with van der Waals surface area (Å²) in [5.74, 6) is -1.96. The minimum atomic E-state index is -1.23. The molecule has 1 amide bonds. The van der Waals surface area contributed by atoms with Gasteiger partial charge >= 0.3 is 5.97 Å². The van der Waals surface area contributed by atoms with Crippen LogP contribution in [0.15, 0.2) is 28.7 Å². The molecule has 10 heteroatoms. The predicted octanol–water partition coefficient (Wildman–Crippen LogP) is 4.61. The first-order valence-electron chi connectivity index (χ1n) is 10.8. The minimum absolute atomic E-state index is 0.0480. The highest BCUT2D eigenvalue weighted by molar-refractivity contribution is 9.10. The Morgan fingerprint density at radius 1 is 1.27 bits per heavy atom. The number of carboxylic acids is 1. The number of halogens is 3. The van der Waals surface area contributed by atoms with Crippen LogP contribution in [0, 0.1) is 5.82 Å². The maximum Gasteiger partial charge on any atom is 0.326 e. The molecule has 2 aromatic rings. The first-order chi connectivity index (χ1) is 15.9. The number of carbonyl (C=O) groups is 2. The molecule has 2 heterocycles. The van der Waals surface area contributed by atoms with Gasteiger partial charge in [-0.1, -0.05) is 17.7 Å². The average molecular weight is 543 g/mol. The van der Waals surface area contributed by atoms with Crippen molar-refractivity contribution in [2.45, 2.75) is 44.6 Å². The fraction of sp³-hybridized carbons (Fsp3) is 0.435. The van der Waals surface area contributed by atoms with Crippen molar-refractivity contribution >= 4 is 45.2 Å². The molecule has 1 aromatic heterocycles. The standard InChI is InChI=1S/C23H26BrClFN3O4/c24-16-8-9-17(26)19(20(16)25)22(30)29-18(23(31)32)10-13-33-12-2-1-5-15-7-6-14-4-3-11-27-21(14)28-15/h6-9,18H,1-5,10-13H2,(H,27,28)(H,29,30)(H,31,32)/t18-/m1/s1. The lowest BCUT2D eigenvalue weighted by Crippen LogP contribution is -2.42. The second-order valence-electron chi connectivity index (χ2n) is 7.78. The largest absolute Gasteiger partial charge is 0.480 e. The molecule has 3 rings (SSSR count). The van der Waals surface area contributed by atoms with Crippen molar-refractivity contribution in [1.82, 2.24) is 10.3 Å². The Bertz CT molecular complexity index is 1010. The van der Waals surface area contributed by atoms with Crippen molar-refractivity contribution in [3.05, 3.63) is 56.4 Å². The van der Waals surface area contributed by atoms with Crippen LogP contribution in [0.4, 0.5) is 10.2 Å². The van der Waals surface area contributed by atoms with Gasteiger partial charge in [0.15, 0.2) is 0 Å². The Kier molecular flexibility index (Phi) is 9.46. The van der Waals surface area contributed by atoms with Crippen molar-refractivity contribution in [3.8, 4) is 0 Å². The number of ether oxygens (including phenoxy) is 1. The van der Waals surface area contributed by atoms with E-state index in [-0.39, 0.29) is 18.1 Å². The van der Waals surface area contributed by atoms with Crippen LogP contribution in [-0.4, -0.2) is 47.8 Å². The number of hydrogen-bond donors (Lipinski definition) is 3. The molecule has 3 N–H and O–H groups in total. The van der Waals surface area contributed by atoms with Crippen LogP contribution in [0.1, 0.15) is 47.3 Å². The number of nitrogens with one attached hydrogen (secondary N) is 2. The molecule has 0 saturated carbocycles. The van der Waals surface area contributed by atoms with Gasteiger partial charge in [0.25, 0.3) is 5.91 Å². The third kappa shape index (κ3) is 7.12. The molecule has 1 atom stereocenters. The van der Waals surface area contributed by atoms with E-state index in [0.717, 1.165) is 56.2 Å². The number of aliphatic carboxylic acids is 1. The normalized spacial score (nSPS) is 13.7. The number of carboxylic acid groups (broad SMARTS) is 1. The van der Waals surface area contributed by atoms with E-state index in [2.05, 4.69) is 43.7 Å². The highest BCUT2D eigenvalue weighted by Crippen LogP contribution is 2.28.